The zero-order valence-electron chi connectivity index (χ0n) is 10.8. The van der Waals surface area contributed by atoms with Gasteiger partial charge >= 0.3 is 0 Å². The fraction of sp³-hybridized carbons (Fsp3) is 0.200. The summed E-state index contributed by atoms with van der Waals surface area (Å²) in [6.07, 6.45) is 1.82. The first-order valence-electron chi connectivity index (χ1n) is 6.18. The number of hydrogen-bond donors (Lipinski definition) is 1. The SMILES string of the molecule is N#Cc1cccc(NC(=O)CCOCc2ccco2)c1. The lowest BCUT2D eigenvalue weighted by Crippen LogP contribution is -2.14. The van der Waals surface area contributed by atoms with E-state index in [9.17, 15) is 4.79 Å². The zero-order valence-corrected chi connectivity index (χ0v) is 10.8. The van der Waals surface area contributed by atoms with Crippen LogP contribution in [0, 0.1) is 11.3 Å². The number of anilines is 1. The third kappa shape index (κ3) is 4.26. The highest BCUT2D eigenvalue weighted by Crippen LogP contribution is 2.10. The molecule has 2 aromatic rings. The maximum absolute atomic E-state index is 11.7. The third-order valence-electron chi connectivity index (χ3n) is 2.57. The van der Waals surface area contributed by atoms with Crippen LogP contribution in [-0.2, 0) is 16.1 Å². The molecule has 0 atom stereocenters. The van der Waals surface area contributed by atoms with Crippen molar-refractivity contribution >= 4 is 11.6 Å². The van der Waals surface area contributed by atoms with Crippen LogP contribution in [0.25, 0.3) is 0 Å². The van der Waals surface area contributed by atoms with Crippen LogP contribution in [0.1, 0.15) is 17.7 Å². The first-order valence-corrected chi connectivity index (χ1v) is 6.18. The van der Waals surface area contributed by atoms with Crippen LogP contribution in [0.5, 0.6) is 0 Å². The van der Waals surface area contributed by atoms with E-state index < -0.39 is 0 Å². The molecular weight excluding hydrogens is 256 g/mol. The van der Waals surface area contributed by atoms with Gasteiger partial charge in [0.2, 0.25) is 5.91 Å². The van der Waals surface area contributed by atoms with E-state index in [1.54, 1.807) is 36.6 Å². The number of nitrogens with one attached hydrogen (secondary N) is 1. The van der Waals surface area contributed by atoms with E-state index >= 15 is 0 Å². The lowest BCUT2D eigenvalue weighted by atomic mass is 10.2. The monoisotopic (exact) mass is 270 g/mol. The van der Waals surface area contributed by atoms with E-state index in [2.05, 4.69) is 5.32 Å². The molecular formula is C15H14N2O3. The highest BCUT2D eigenvalue weighted by Gasteiger charge is 2.03. The normalized spacial score (nSPS) is 9.95. The summed E-state index contributed by atoms with van der Waals surface area (Å²) in [5.41, 5.74) is 1.12. The molecule has 0 aliphatic heterocycles. The zero-order chi connectivity index (χ0) is 14.2. The van der Waals surface area contributed by atoms with Gasteiger partial charge in [0, 0.05) is 5.69 Å². The number of carbonyl (C=O) groups excluding carboxylic acids is 1. The van der Waals surface area contributed by atoms with Crippen LogP contribution in [0.4, 0.5) is 5.69 Å². The van der Waals surface area contributed by atoms with Gasteiger partial charge in [0.1, 0.15) is 12.4 Å². The molecule has 1 aromatic heterocycles. The fourth-order valence-corrected chi connectivity index (χ4v) is 1.62. The molecule has 1 N–H and O–H groups in total. The smallest absolute Gasteiger partial charge is 0.226 e. The van der Waals surface area contributed by atoms with E-state index in [1.165, 1.54) is 0 Å². The molecule has 0 unspecified atom stereocenters. The summed E-state index contributed by atoms with van der Waals surface area (Å²) in [5.74, 6) is 0.576. The van der Waals surface area contributed by atoms with Crippen molar-refractivity contribution in [2.45, 2.75) is 13.0 Å². The van der Waals surface area contributed by atoms with Crippen LogP contribution >= 0.6 is 0 Å². The molecule has 5 nitrogen and oxygen atoms in total. The van der Waals surface area contributed by atoms with Crippen molar-refractivity contribution < 1.29 is 13.9 Å². The second-order valence-corrected chi connectivity index (χ2v) is 4.12. The number of amides is 1. The molecule has 1 amide bonds. The minimum absolute atomic E-state index is 0.153. The molecule has 2 rings (SSSR count). The van der Waals surface area contributed by atoms with Crippen LogP contribution in [0.3, 0.4) is 0 Å². The molecule has 1 aromatic carbocycles. The van der Waals surface area contributed by atoms with E-state index in [0.29, 0.717) is 24.5 Å². The van der Waals surface area contributed by atoms with Crippen molar-refractivity contribution in [2.24, 2.45) is 0 Å². The highest BCUT2D eigenvalue weighted by atomic mass is 16.5. The van der Waals surface area contributed by atoms with E-state index in [-0.39, 0.29) is 12.3 Å². The Morgan fingerprint density at radius 3 is 3.00 bits per heavy atom. The van der Waals surface area contributed by atoms with Crippen molar-refractivity contribution in [3.05, 3.63) is 54.0 Å². The number of hydrogen-bond acceptors (Lipinski definition) is 4. The van der Waals surface area contributed by atoms with Crippen LogP contribution in [0.15, 0.2) is 47.1 Å². The molecule has 0 saturated heterocycles. The third-order valence-corrected chi connectivity index (χ3v) is 2.57. The van der Waals surface area contributed by atoms with Crippen molar-refractivity contribution in [1.29, 1.82) is 5.26 Å². The van der Waals surface area contributed by atoms with Gasteiger partial charge in [0.15, 0.2) is 0 Å². The number of nitriles is 1. The summed E-state index contributed by atoms with van der Waals surface area (Å²) < 4.78 is 10.4. The molecule has 20 heavy (non-hydrogen) atoms. The van der Waals surface area contributed by atoms with E-state index in [1.807, 2.05) is 12.1 Å². The maximum atomic E-state index is 11.7. The highest BCUT2D eigenvalue weighted by molar-refractivity contribution is 5.90. The first kappa shape index (κ1) is 13.8. The Labute approximate surface area is 116 Å². The number of rotatable bonds is 6. The number of benzene rings is 1. The molecule has 0 aliphatic carbocycles. The Balaban J connectivity index is 1.71. The maximum Gasteiger partial charge on any atom is 0.226 e. The van der Waals surface area contributed by atoms with Crippen molar-refractivity contribution in [2.75, 3.05) is 11.9 Å². The lowest BCUT2D eigenvalue weighted by molar-refractivity contribution is -0.117. The van der Waals surface area contributed by atoms with Gasteiger partial charge in [-0.2, -0.15) is 5.26 Å². The number of ether oxygens (including phenoxy) is 1. The van der Waals surface area contributed by atoms with Crippen LogP contribution < -0.4 is 5.32 Å². The predicted molar refractivity (Wildman–Crippen MR) is 72.8 cm³/mol. The summed E-state index contributed by atoms with van der Waals surface area (Å²) in [5, 5.41) is 11.5. The van der Waals surface area contributed by atoms with Gasteiger partial charge in [-0.15, -0.1) is 0 Å². The largest absolute Gasteiger partial charge is 0.467 e. The molecule has 0 aliphatic rings. The van der Waals surface area contributed by atoms with Crippen LogP contribution in [-0.4, -0.2) is 12.5 Å². The van der Waals surface area contributed by atoms with Crippen molar-refractivity contribution in [3.63, 3.8) is 0 Å². The molecule has 1 heterocycles. The lowest BCUT2D eigenvalue weighted by Gasteiger charge is -2.05. The van der Waals surface area contributed by atoms with Crippen molar-refractivity contribution in [3.8, 4) is 6.07 Å². The minimum atomic E-state index is -0.153. The fourth-order valence-electron chi connectivity index (χ4n) is 1.62. The Hall–Kier alpha value is -2.58. The van der Waals surface area contributed by atoms with Gasteiger partial charge in [-0.05, 0) is 30.3 Å². The van der Waals surface area contributed by atoms with Crippen LogP contribution in [0.2, 0.25) is 0 Å². The minimum Gasteiger partial charge on any atom is -0.467 e. The predicted octanol–water partition coefficient (Wildman–Crippen LogP) is 2.70. The Bertz CT molecular complexity index is 600. The van der Waals surface area contributed by atoms with Gasteiger partial charge in [-0.1, -0.05) is 6.07 Å². The van der Waals surface area contributed by atoms with Gasteiger partial charge in [0.25, 0.3) is 0 Å². The second-order valence-electron chi connectivity index (χ2n) is 4.12. The summed E-state index contributed by atoms with van der Waals surface area (Å²) in [7, 11) is 0. The topological polar surface area (TPSA) is 75.3 Å². The Kier molecular flexibility index (Phi) is 4.93. The van der Waals surface area contributed by atoms with E-state index in [0.717, 1.165) is 5.76 Å². The number of furan rings is 1. The summed E-state index contributed by atoms with van der Waals surface area (Å²) >= 11 is 0. The van der Waals surface area contributed by atoms with Gasteiger partial charge in [0.05, 0.1) is 30.9 Å². The quantitative estimate of drug-likeness (QED) is 0.819. The average Bonchev–Trinajstić information content (AvgIpc) is 2.97. The standard InChI is InChI=1S/C15H14N2O3/c16-10-12-3-1-4-13(9-12)17-15(18)6-8-19-11-14-5-2-7-20-14/h1-5,7,9H,6,8,11H2,(H,17,18). The summed E-state index contributed by atoms with van der Waals surface area (Å²) in [6.45, 7) is 0.661. The molecule has 0 spiro atoms. The first-order chi connectivity index (χ1) is 9.78. The van der Waals surface area contributed by atoms with Gasteiger partial charge in [-0.25, -0.2) is 0 Å². The van der Waals surface area contributed by atoms with Gasteiger partial charge < -0.3 is 14.5 Å². The summed E-state index contributed by atoms with van der Waals surface area (Å²) in [4.78, 5) is 11.7. The van der Waals surface area contributed by atoms with E-state index in [4.69, 9.17) is 14.4 Å². The average molecular weight is 270 g/mol. The summed E-state index contributed by atoms with van der Waals surface area (Å²) in [6, 6.07) is 12.4. The second kappa shape index (κ2) is 7.12. The van der Waals surface area contributed by atoms with Crippen molar-refractivity contribution in [1.82, 2.24) is 0 Å². The van der Waals surface area contributed by atoms with Gasteiger partial charge in [-0.3, -0.25) is 4.79 Å². The molecule has 0 radical (unpaired) electrons. The number of carbonyl (C=O) groups is 1. The number of nitrogens with zero attached hydrogens (tertiary/aromatic N) is 1. The Morgan fingerprint density at radius 1 is 1.35 bits per heavy atom. The molecule has 0 saturated carbocycles. The molecule has 5 heteroatoms. The Morgan fingerprint density at radius 2 is 2.25 bits per heavy atom. The molecule has 0 bridgehead atoms. The molecule has 102 valence electrons. The molecule has 0 fully saturated rings.